The number of rotatable bonds is 7. The summed E-state index contributed by atoms with van der Waals surface area (Å²) in [6.45, 7) is 1.45. The normalized spacial score (nSPS) is 18.2. The van der Waals surface area contributed by atoms with Crippen molar-refractivity contribution in [3.63, 3.8) is 0 Å². The molecule has 2 aromatic carbocycles. The van der Waals surface area contributed by atoms with Crippen LogP contribution in [0.25, 0.3) is 6.08 Å². The minimum absolute atomic E-state index is 0.0278. The maximum atomic E-state index is 12.8. The highest BCUT2D eigenvalue weighted by Crippen LogP contribution is 2.30. The molecule has 0 radical (unpaired) electrons. The number of ketones is 1. The molecule has 1 heterocycles. The number of carbonyl (C=O) groups excluding carboxylic acids is 2. The number of benzene rings is 2. The van der Waals surface area contributed by atoms with Gasteiger partial charge in [-0.15, -0.1) is 0 Å². The first-order valence-corrected chi connectivity index (χ1v) is 9.00. The van der Waals surface area contributed by atoms with Gasteiger partial charge in [0.25, 0.3) is 5.91 Å². The van der Waals surface area contributed by atoms with Gasteiger partial charge in [-0.2, -0.15) is 0 Å². The largest absolute Gasteiger partial charge is 0.481 e. The van der Waals surface area contributed by atoms with E-state index in [9.17, 15) is 19.5 Å². The van der Waals surface area contributed by atoms with E-state index in [4.69, 9.17) is 4.84 Å². The van der Waals surface area contributed by atoms with Crippen molar-refractivity contribution in [2.45, 2.75) is 25.4 Å². The standard InChI is InChI=1S/C22H20N2O5/c1-15(25)17-8-11-18(12-9-17)23-21(28)22(14-20(26)27)13-19(24-29-22)10-7-16-5-3-2-4-6-16/h2-12H,13-14H2,1H3,(H,23,28)(H,26,27)/t22-/m0/s1. The number of hydrogen-bond donors (Lipinski definition) is 2. The van der Waals surface area contributed by atoms with E-state index < -0.39 is 23.9 Å². The molecule has 0 fully saturated rings. The van der Waals surface area contributed by atoms with E-state index >= 15 is 0 Å². The molecule has 7 heteroatoms. The van der Waals surface area contributed by atoms with Gasteiger partial charge in [-0.25, -0.2) is 0 Å². The van der Waals surface area contributed by atoms with Gasteiger partial charge in [0, 0.05) is 17.7 Å². The lowest BCUT2D eigenvalue weighted by Crippen LogP contribution is -2.45. The Balaban J connectivity index is 1.73. The Morgan fingerprint density at radius 2 is 1.79 bits per heavy atom. The van der Waals surface area contributed by atoms with Crippen LogP contribution in [0.15, 0.2) is 65.8 Å². The summed E-state index contributed by atoms with van der Waals surface area (Å²) in [5.41, 5.74) is 0.721. The van der Waals surface area contributed by atoms with Crippen molar-refractivity contribution in [3.05, 3.63) is 71.8 Å². The molecule has 148 valence electrons. The number of carbonyl (C=O) groups is 3. The second kappa shape index (κ2) is 8.52. The lowest BCUT2D eigenvalue weighted by Gasteiger charge is -2.23. The average Bonchev–Trinajstić information content (AvgIpc) is 3.11. The molecule has 0 saturated carbocycles. The van der Waals surface area contributed by atoms with Gasteiger partial charge in [0.2, 0.25) is 5.60 Å². The third kappa shape index (κ3) is 4.95. The van der Waals surface area contributed by atoms with E-state index in [1.807, 2.05) is 36.4 Å². The van der Waals surface area contributed by atoms with Crippen molar-refractivity contribution in [2.75, 3.05) is 5.32 Å². The highest BCUT2D eigenvalue weighted by atomic mass is 16.7. The third-order valence-corrected chi connectivity index (χ3v) is 4.47. The first-order valence-electron chi connectivity index (χ1n) is 9.00. The van der Waals surface area contributed by atoms with Crippen LogP contribution in [-0.2, 0) is 14.4 Å². The number of nitrogens with one attached hydrogen (secondary N) is 1. The van der Waals surface area contributed by atoms with Crippen LogP contribution in [0.5, 0.6) is 0 Å². The maximum Gasteiger partial charge on any atom is 0.308 e. The summed E-state index contributed by atoms with van der Waals surface area (Å²) in [6.07, 6.45) is 3.02. The molecular formula is C22H20N2O5. The molecule has 1 aliphatic heterocycles. The highest BCUT2D eigenvalue weighted by Gasteiger charge is 2.48. The summed E-state index contributed by atoms with van der Waals surface area (Å²) in [5.74, 6) is -1.87. The number of carboxylic acid groups (broad SMARTS) is 1. The predicted octanol–water partition coefficient (Wildman–Crippen LogP) is 3.53. The number of allylic oxidation sites excluding steroid dienone is 1. The van der Waals surface area contributed by atoms with E-state index in [0.717, 1.165) is 5.56 Å². The molecule has 3 rings (SSSR count). The number of carboxylic acids is 1. The van der Waals surface area contributed by atoms with E-state index in [1.54, 1.807) is 30.3 Å². The molecule has 29 heavy (non-hydrogen) atoms. The fraction of sp³-hybridized carbons (Fsp3) is 0.182. The number of aliphatic carboxylic acids is 1. The summed E-state index contributed by atoms with van der Waals surface area (Å²) < 4.78 is 0. The number of amides is 1. The van der Waals surface area contributed by atoms with Crippen molar-refractivity contribution in [2.24, 2.45) is 5.16 Å². The SMILES string of the molecule is CC(=O)c1ccc(NC(=O)[C@@]2(CC(=O)O)CC(C=Cc3ccccc3)=NO2)cc1. The lowest BCUT2D eigenvalue weighted by molar-refractivity contribution is -0.152. The number of Topliss-reactive ketones (excluding diaryl/α,β-unsaturated/α-hetero) is 1. The molecule has 2 N–H and O–H groups in total. The molecule has 0 unspecified atom stereocenters. The molecule has 0 aliphatic carbocycles. The fourth-order valence-electron chi connectivity index (χ4n) is 2.92. The first kappa shape index (κ1) is 20.0. The lowest BCUT2D eigenvalue weighted by atomic mass is 9.92. The Morgan fingerprint density at radius 3 is 2.41 bits per heavy atom. The smallest absolute Gasteiger partial charge is 0.308 e. The second-order valence-electron chi connectivity index (χ2n) is 6.75. The molecule has 2 aromatic rings. The Morgan fingerprint density at radius 1 is 1.10 bits per heavy atom. The number of nitrogens with zero attached hydrogens (tertiary/aromatic N) is 1. The Kier molecular flexibility index (Phi) is 5.87. The van der Waals surface area contributed by atoms with E-state index in [0.29, 0.717) is 17.0 Å². The molecule has 0 saturated heterocycles. The number of oxime groups is 1. The van der Waals surface area contributed by atoms with Gasteiger partial charge in [0.1, 0.15) is 0 Å². The summed E-state index contributed by atoms with van der Waals surface area (Å²) in [4.78, 5) is 40.9. The topological polar surface area (TPSA) is 105 Å². The van der Waals surface area contributed by atoms with Crippen LogP contribution in [0.2, 0.25) is 0 Å². The zero-order valence-corrected chi connectivity index (χ0v) is 15.8. The molecular weight excluding hydrogens is 372 g/mol. The van der Waals surface area contributed by atoms with Crippen molar-refractivity contribution in [1.82, 2.24) is 0 Å². The third-order valence-electron chi connectivity index (χ3n) is 4.47. The summed E-state index contributed by atoms with van der Waals surface area (Å²) in [5, 5.41) is 15.9. The van der Waals surface area contributed by atoms with Gasteiger partial charge in [0.05, 0.1) is 12.1 Å². The molecule has 0 bridgehead atoms. The van der Waals surface area contributed by atoms with Crippen molar-refractivity contribution >= 4 is 35.1 Å². The Bertz CT molecular complexity index is 980. The Hall–Kier alpha value is -3.74. The van der Waals surface area contributed by atoms with Gasteiger partial charge >= 0.3 is 5.97 Å². The van der Waals surface area contributed by atoms with Crippen LogP contribution in [-0.4, -0.2) is 34.1 Å². The average molecular weight is 392 g/mol. The first-order chi connectivity index (χ1) is 13.9. The van der Waals surface area contributed by atoms with Crippen LogP contribution in [0, 0.1) is 0 Å². The number of hydrogen-bond acceptors (Lipinski definition) is 5. The van der Waals surface area contributed by atoms with E-state index in [2.05, 4.69) is 10.5 Å². The number of anilines is 1. The molecule has 1 atom stereocenters. The van der Waals surface area contributed by atoms with Gasteiger partial charge in [-0.1, -0.05) is 41.6 Å². The van der Waals surface area contributed by atoms with Gasteiger partial charge < -0.3 is 15.3 Å². The van der Waals surface area contributed by atoms with E-state index in [1.165, 1.54) is 6.92 Å². The summed E-state index contributed by atoms with van der Waals surface area (Å²) >= 11 is 0. The molecule has 1 aliphatic rings. The molecule has 0 spiro atoms. The zero-order valence-electron chi connectivity index (χ0n) is 15.8. The van der Waals surface area contributed by atoms with Crippen LogP contribution in [0.1, 0.15) is 35.7 Å². The monoisotopic (exact) mass is 392 g/mol. The zero-order chi connectivity index (χ0) is 20.9. The van der Waals surface area contributed by atoms with Crippen molar-refractivity contribution in [1.29, 1.82) is 0 Å². The molecule has 7 nitrogen and oxygen atoms in total. The minimum Gasteiger partial charge on any atom is -0.481 e. The molecule has 0 aromatic heterocycles. The van der Waals surface area contributed by atoms with Crippen LogP contribution < -0.4 is 5.32 Å². The summed E-state index contributed by atoms with van der Waals surface area (Å²) in [6, 6.07) is 15.8. The van der Waals surface area contributed by atoms with E-state index in [-0.39, 0.29) is 12.2 Å². The molecule has 1 amide bonds. The van der Waals surface area contributed by atoms with Crippen LogP contribution in [0.3, 0.4) is 0 Å². The maximum absolute atomic E-state index is 12.8. The van der Waals surface area contributed by atoms with Crippen molar-refractivity contribution < 1.29 is 24.3 Å². The quantitative estimate of drug-likeness (QED) is 0.702. The minimum atomic E-state index is -1.64. The van der Waals surface area contributed by atoms with Crippen LogP contribution in [0.4, 0.5) is 5.69 Å². The highest BCUT2D eigenvalue weighted by molar-refractivity contribution is 6.08. The van der Waals surface area contributed by atoms with Crippen LogP contribution >= 0.6 is 0 Å². The Labute approximate surface area is 167 Å². The summed E-state index contributed by atoms with van der Waals surface area (Å²) in [7, 11) is 0. The second-order valence-corrected chi connectivity index (χ2v) is 6.75. The van der Waals surface area contributed by atoms with Crippen molar-refractivity contribution in [3.8, 4) is 0 Å². The van der Waals surface area contributed by atoms with Gasteiger partial charge in [-0.3, -0.25) is 14.4 Å². The van der Waals surface area contributed by atoms with Gasteiger partial charge in [-0.05, 0) is 42.8 Å². The van der Waals surface area contributed by atoms with Gasteiger partial charge in [0.15, 0.2) is 5.78 Å². The fourth-order valence-corrected chi connectivity index (χ4v) is 2.92. The predicted molar refractivity (Wildman–Crippen MR) is 109 cm³/mol.